The first-order chi connectivity index (χ1) is 9.13. The molecule has 0 bridgehead atoms. The van der Waals surface area contributed by atoms with Crippen LogP contribution in [0, 0.1) is 0 Å². The Morgan fingerprint density at radius 1 is 1.37 bits per heavy atom. The number of aromatic carboxylic acids is 1. The van der Waals surface area contributed by atoms with Gasteiger partial charge in [-0.25, -0.2) is 4.79 Å². The standard InChI is InChI=1S/C14H14N2O3/c1-2-7-15-13(17)9-16-8-11(14(18)19)10-5-3-4-6-12(10)16/h2-6,8H,1,7,9H2,(H,15,17)(H,18,19). The summed E-state index contributed by atoms with van der Waals surface area (Å²) in [4.78, 5) is 22.8. The predicted molar refractivity (Wildman–Crippen MR) is 72.1 cm³/mol. The molecule has 2 aromatic rings. The number of carbonyl (C=O) groups excluding carboxylic acids is 1. The minimum absolute atomic E-state index is 0.0850. The van der Waals surface area contributed by atoms with Gasteiger partial charge in [0.15, 0.2) is 0 Å². The van der Waals surface area contributed by atoms with Crippen molar-refractivity contribution in [2.24, 2.45) is 0 Å². The zero-order chi connectivity index (χ0) is 13.8. The molecule has 0 unspecified atom stereocenters. The second kappa shape index (κ2) is 5.39. The molecule has 1 heterocycles. The third-order valence-electron chi connectivity index (χ3n) is 2.78. The highest BCUT2D eigenvalue weighted by molar-refractivity contribution is 6.03. The van der Waals surface area contributed by atoms with Crippen LogP contribution in [0.3, 0.4) is 0 Å². The molecule has 0 aliphatic carbocycles. The number of carboxylic acids is 1. The first kappa shape index (κ1) is 12.9. The Bertz CT molecular complexity index is 643. The molecule has 5 nitrogen and oxygen atoms in total. The molecule has 1 aromatic heterocycles. The van der Waals surface area contributed by atoms with E-state index >= 15 is 0 Å². The van der Waals surface area contributed by atoms with Crippen molar-refractivity contribution >= 4 is 22.8 Å². The van der Waals surface area contributed by atoms with Gasteiger partial charge in [0.25, 0.3) is 0 Å². The van der Waals surface area contributed by atoms with Crippen LogP contribution in [0.1, 0.15) is 10.4 Å². The first-order valence-electron chi connectivity index (χ1n) is 5.82. The van der Waals surface area contributed by atoms with E-state index in [4.69, 9.17) is 5.11 Å². The van der Waals surface area contributed by atoms with Crippen molar-refractivity contribution in [2.75, 3.05) is 6.54 Å². The molecule has 0 saturated carbocycles. The van der Waals surface area contributed by atoms with E-state index in [-0.39, 0.29) is 18.0 Å². The lowest BCUT2D eigenvalue weighted by molar-refractivity contribution is -0.121. The van der Waals surface area contributed by atoms with Gasteiger partial charge in [-0.2, -0.15) is 0 Å². The molecule has 0 radical (unpaired) electrons. The Kier molecular flexibility index (Phi) is 3.66. The van der Waals surface area contributed by atoms with Gasteiger partial charge in [0.1, 0.15) is 6.54 Å². The zero-order valence-electron chi connectivity index (χ0n) is 10.3. The number of hydrogen-bond acceptors (Lipinski definition) is 2. The topological polar surface area (TPSA) is 71.3 Å². The number of carboxylic acid groups (broad SMARTS) is 1. The van der Waals surface area contributed by atoms with Gasteiger partial charge in [0.2, 0.25) is 5.91 Å². The van der Waals surface area contributed by atoms with E-state index in [1.54, 1.807) is 28.8 Å². The number of nitrogens with zero attached hydrogens (tertiary/aromatic N) is 1. The van der Waals surface area contributed by atoms with Gasteiger partial charge in [-0.1, -0.05) is 24.3 Å². The van der Waals surface area contributed by atoms with E-state index < -0.39 is 5.97 Å². The Hall–Kier alpha value is -2.56. The van der Waals surface area contributed by atoms with Gasteiger partial charge in [0, 0.05) is 23.6 Å². The Labute approximate surface area is 110 Å². The summed E-state index contributed by atoms with van der Waals surface area (Å²) < 4.78 is 1.64. The fourth-order valence-corrected chi connectivity index (χ4v) is 1.94. The lowest BCUT2D eigenvalue weighted by atomic mass is 10.2. The molecule has 1 aromatic carbocycles. The Balaban J connectivity index is 2.35. The molecule has 0 aliphatic rings. The number of aromatic nitrogens is 1. The quantitative estimate of drug-likeness (QED) is 0.801. The average molecular weight is 258 g/mol. The van der Waals surface area contributed by atoms with Gasteiger partial charge < -0.3 is 15.0 Å². The minimum Gasteiger partial charge on any atom is -0.478 e. The fourth-order valence-electron chi connectivity index (χ4n) is 1.94. The van der Waals surface area contributed by atoms with E-state index in [0.717, 1.165) is 5.52 Å². The number of para-hydroxylation sites is 1. The lowest BCUT2D eigenvalue weighted by Crippen LogP contribution is -2.27. The summed E-state index contributed by atoms with van der Waals surface area (Å²) in [7, 11) is 0. The predicted octanol–water partition coefficient (Wildman–Crippen LogP) is 1.64. The third kappa shape index (κ3) is 2.65. The summed E-state index contributed by atoms with van der Waals surface area (Å²) in [6, 6.07) is 7.11. The highest BCUT2D eigenvalue weighted by Gasteiger charge is 2.14. The van der Waals surface area contributed by atoms with Gasteiger partial charge in [-0.3, -0.25) is 4.79 Å². The highest BCUT2D eigenvalue weighted by atomic mass is 16.4. The molecule has 2 N–H and O–H groups in total. The molecule has 19 heavy (non-hydrogen) atoms. The van der Waals surface area contributed by atoms with Crippen molar-refractivity contribution in [3.63, 3.8) is 0 Å². The van der Waals surface area contributed by atoms with Gasteiger partial charge in [0.05, 0.1) is 5.56 Å². The molecular weight excluding hydrogens is 244 g/mol. The summed E-state index contributed by atoms with van der Waals surface area (Å²) in [6.45, 7) is 4.00. The van der Waals surface area contributed by atoms with Crippen LogP contribution in [-0.4, -0.2) is 28.1 Å². The maximum Gasteiger partial charge on any atom is 0.337 e. The largest absolute Gasteiger partial charge is 0.478 e. The van der Waals surface area contributed by atoms with Gasteiger partial charge in [-0.05, 0) is 6.07 Å². The minimum atomic E-state index is -0.999. The summed E-state index contributed by atoms with van der Waals surface area (Å²) in [5.41, 5.74) is 0.931. The summed E-state index contributed by atoms with van der Waals surface area (Å²) in [5.74, 6) is -1.18. The maximum atomic E-state index is 11.7. The van der Waals surface area contributed by atoms with E-state index in [1.807, 2.05) is 6.07 Å². The number of hydrogen-bond donors (Lipinski definition) is 2. The van der Waals surface area contributed by atoms with Crippen molar-refractivity contribution in [3.05, 3.63) is 48.7 Å². The number of amides is 1. The second-order valence-electron chi connectivity index (χ2n) is 4.09. The Morgan fingerprint density at radius 2 is 2.11 bits per heavy atom. The van der Waals surface area contributed by atoms with Crippen molar-refractivity contribution in [1.82, 2.24) is 9.88 Å². The van der Waals surface area contributed by atoms with Crippen LogP contribution in [-0.2, 0) is 11.3 Å². The molecule has 0 saturated heterocycles. The summed E-state index contributed by atoms with van der Waals surface area (Å²) in [6.07, 6.45) is 3.08. The van der Waals surface area contributed by atoms with Crippen LogP contribution >= 0.6 is 0 Å². The molecule has 5 heteroatoms. The van der Waals surface area contributed by atoms with Crippen molar-refractivity contribution in [2.45, 2.75) is 6.54 Å². The lowest BCUT2D eigenvalue weighted by Gasteiger charge is -2.05. The molecular formula is C14H14N2O3. The molecule has 98 valence electrons. The van der Waals surface area contributed by atoms with Crippen molar-refractivity contribution in [1.29, 1.82) is 0 Å². The molecule has 0 atom stereocenters. The van der Waals surface area contributed by atoms with Crippen LogP contribution < -0.4 is 5.32 Å². The average Bonchev–Trinajstić information content (AvgIpc) is 2.76. The zero-order valence-corrected chi connectivity index (χ0v) is 10.3. The monoisotopic (exact) mass is 258 g/mol. The van der Waals surface area contributed by atoms with Crippen molar-refractivity contribution < 1.29 is 14.7 Å². The SMILES string of the molecule is C=CCNC(=O)Cn1cc(C(=O)O)c2ccccc21. The van der Waals surface area contributed by atoms with Crippen molar-refractivity contribution in [3.8, 4) is 0 Å². The Morgan fingerprint density at radius 3 is 2.79 bits per heavy atom. The smallest absolute Gasteiger partial charge is 0.337 e. The molecule has 0 aliphatic heterocycles. The molecule has 1 amide bonds. The van der Waals surface area contributed by atoms with E-state index in [2.05, 4.69) is 11.9 Å². The number of fused-ring (bicyclic) bond motifs is 1. The van der Waals surface area contributed by atoms with E-state index in [1.165, 1.54) is 6.20 Å². The molecule has 2 rings (SSSR count). The van der Waals surface area contributed by atoms with Crippen LogP contribution in [0.4, 0.5) is 0 Å². The van der Waals surface area contributed by atoms with E-state index in [9.17, 15) is 9.59 Å². The van der Waals surface area contributed by atoms with Crippen LogP contribution in [0.25, 0.3) is 10.9 Å². The summed E-state index contributed by atoms with van der Waals surface area (Å²) >= 11 is 0. The maximum absolute atomic E-state index is 11.7. The van der Waals surface area contributed by atoms with Gasteiger partial charge in [-0.15, -0.1) is 6.58 Å². The highest BCUT2D eigenvalue weighted by Crippen LogP contribution is 2.21. The van der Waals surface area contributed by atoms with Crippen LogP contribution in [0.2, 0.25) is 0 Å². The van der Waals surface area contributed by atoms with Crippen LogP contribution in [0.5, 0.6) is 0 Å². The number of carbonyl (C=O) groups is 2. The molecule has 0 fully saturated rings. The summed E-state index contributed by atoms with van der Waals surface area (Å²) in [5, 5.41) is 12.4. The van der Waals surface area contributed by atoms with Gasteiger partial charge >= 0.3 is 5.97 Å². The normalized spacial score (nSPS) is 10.3. The fraction of sp³-hybridized carbons (Fsp3) is 0.143. The second-order valence-corrected chi connectivity index (χ2v) is 4.09. The number of benzene rings is 1. The number of rotatable bonds is 5. The van der Waals surface area contributed by atoms with Crippen LogP contribution in [0.15, 0.2) is 43.1 Å². The van der Waals surface area contributed by atoms with E-state index in [0.29, 0.717) is 11.9 Å². The molecule has 0 spiro atoms. The third-order valence-corrected chi connectivity index (χ3v) is 2.78. The first-order valence-corrected chi connectivity index (χ1v) is 5.82. The number of nitrogens with one attached hydrogen (secondary N) is 1.